The van der Waals surface area contributed by atoms with Crippen LogP contribution in [0.3, 0.4) is 0 Å². The first-order valence-corrected chi connectivity index (χ1v) is 8.16. The summed E-state index contributed by atoms with van der Waals surface area (Å²) in [5.41, 5.74) is 0.572. The quantitative estimate of drug-likeness (QED) is 0.547. The highest BCUT2D eigenvalue weighted by atomic mass is 35.5. The highest BCUT2D eigenvalue weighted by molar-refractivity contribution is 6.32. The van der Waals surface area contributed by atoms with Gasteiger partial charge in [-0.15, -0.1) is 0 Å². The lowest BCUT2D eigenvalue weighted by molar-refractivity contribution is -0.159. The second-order valence-corrected chi connectivity index (χ2v) is 5.91. The number of alkyl halides is 3. The molecule has 1 heterocycles. The number of aromatic nitrogens is 2. The van der Waals surface area contributed by atoms with Crippen molar-refractivity contribution in [1.29, 1.82) is 0 Å². The molecule has 0 unspecified atom stereocenters. The second-order valence-electron chi connectivity index (χ2n) is 5.51. The molecule has 0 amide bonds. The summed E-state index contributed by atoms with van der Waals surface area (Å²) in [5.74, 6) is -1.14. The molecule has 0 fully saturated rings. The van der Waals surface area contributed by atoms with Crippen molar-refractivity contribution < 1.29 is 32.0 Å². The van der Waals surface area contributed by atoms with Gasteiger partial charge in [0.1, 0.15) is 11.5 Å². The van der Waals surface area contributed by atoms with E-state index in [-0.39, 0.29) is 23.8 Å². The van der Waals surface area contributed by atoms with Gasteiger partial charge in [0.15, 0.2) is 12.4 Å². The number of hydrogen-bond acceptors (Lipinski definition) is 6. The van der Waals surface area contributed by atoms with Crippen molar-refractivity contribution in [3.05, 3.63) is 58.9 Å². The number of nitrogens with zero attached hydrogens (tertiary/aromatic N) is 2. The van der Waals surface area contributed by atoms with Crippen LogP contribution in [-0.4, -0.2) is 29.6 Å². The predicted molar refractivity (Wildman–Crippen MR) is 92.6 cm³/mol. The third kappa shape index (κ3) is 4.42. The number of ether oxygens (including phenoxy) is 2. The van der Waals surface area contributed by atoms with Gasteiger partial charge in [0, 0.05) is 17.2 Å². The third-order valence-corrected chi connectivity index (χ3v) is 3.93. The Kier molecular flexibility index (Phi) is 5.55. The Morgan fingerprint density at radius 1 is 1.18 bits per heavy atom. The summed E-state index contributed by atoms with van der Waals surface area (Å²) in [5, 5.41) is 3.58. The molecular formula is C18H12ClF3N2O4. The van der Waals surface area contributed by atoms with Crippen molar-refractivity contribution in [2.45, 2.75) is 6.18 Å². The number of benzene rings is 2. The summed E-state index contributed by atoms with van der Waals surface area (Å²) in [6, 6.07) is 10.5. The zero-order chi connectivity index (χ0) is 20.3. The highest BCUT2D eigenvalue weighted by Gasteiger charge is 2.38. The van der Waals surface area contributed by atoms with E-state index in [1.807, 2.05) is 0 Å². The SMILES string of the molecule is COc1ccc(OCC(=O)c2ccc(-c3noc(C(F)(F)F)n3)cc2)c(Cl)c1. The molecule has 3 aromatic rings. The number of carbonyl (C=O) groups excluding carboxylic acids is 1. The Morgan fingerprint density at radius 3 is 2.46 bits per heavy atom. The van der Waals surface area contributed by atoms with Crippen molar-refractivity contribution >= 4 is 17.4 Å². The van der Waals surface area contributed by atoms with Gasteiger partial charge < -0.3 is 14.0 Å². The normalized spacial score (nSPS) is 11.3. The van der Waals surface area contributed by atoms with Crippen LogP contribution in [0, 0.1) is 0 Å². The molecule has 0 spiro atoms. The van der Waals surface area contributed by atoms with Gasteiger partial charge in [0.25, 0.3) is 0 Å². The van der Waals surface area contributed by atoms with E-state index >= 15 is 0 Å². The van der Waals surface area contributed by atoms with Crippen LogP contribution < -0.4 is 9.47 Å². The summed E-state index contributed by atoms with van der Waals surface area (Å²) in [4.78, 5) is 15.5. The van der Waals surface area contributed by atoms with Crippen LogP contribution in [0.5, 0.6) is 11.5 Å². The van der Waals surface area contributed by atoms with E-state index in [2.05, 4.69) is 14.7 Å². The van der Waals surface area contributed by atoms with Gasteiger partial charge in [-0.1, -0.05) is 41.0 Å². The molecule has 0 N–H and O–H groups in total. The van der Waals surface area contributed by atoms with Gasteiger partial charge in [-0.05, 0) is 12.1 Å². The van der Waals surface area contributed by atoms with Crippen molar-refractivity contribution in [3.63, 3.8) is 0 Å². The summed E-state index contributed by atoms with van der Waals surface area (Å²) >= 11 is 6.04. The molecular weight excluding hydrogens is 401 g/mol. The molecule has 6 nitrogen and oxygen atoms in total. The van der Waals surface area contributed by atoms with Crippen LogP contribution in [0.15, 0.2) is 47.0 Å². The van der Waals surface area contributed by atoms with Gasteiger partial charge in [0.2, 0.25) is 5.82 Å². The highest BCUT2D eigenvalue weighted by Crippen LogP contribution is 2.30. The first kappa shape index (κ1) is 19.7. The van der Waals surface area contributed by atoms with Gasteiger partial charge in [0.05, 0.1) is 12.1 Å². The Labute approximate surface area is 161 Å². The monoisotopic (exact) mass is 412 g/mol. The Bertz CT molecular complexity index is 987. The second kappa shape index (κ2) is 7.89. The number of hydrogen-bond donors (Lipinski definition) is 0. The van der Waals surface area contributed by atoms with Crippen LogP contribution >= 0.6 is 11.6 Å². The molecule has 0 saturated heterocycles. The fourth-order valence-electron chi connectivity index (χ4n) is 2.21. The molecule has 0 radical (unpaired) electrons. The van der Waals surface area contributed by atoms with Crippen LogP contribution in [-0.2, 0) is 6.18 Å². The predicted octanol–water partition coefficient (Wildman–Crippen LogP) is 4.68. The van der Waals surface area contributed by atoms with Crippen LogP contribution in [0.25, 0.3) is 11.4 Å². The summed E-state index contributed by atoms with van der Waals surface area (Å²) in [6.45, 7) is -0.272. The molecule has 146 valence electrons. The van der Waals surface area contributed by atoms with E-state index in [4.69, 9.17) is 21.1 Å². The molecule has 1 aromatic heterocycles. The maximum Gasteiger partial charge on any atom is 0.471 e. The average Bonchev–Trinajstić information content (AvgIpc) is 3.17. The van der Waals surface area contributed by atoms with Crippen molar-refractivity contribution in [3.8, 4) is 22.9 Å². The summed E-state index contributed by atoms with van der Waals surface area (Å²) in [6.07, 6.45) is -4.72. The van der Waals surface area contributed by atoms with Crippen molar-refractivity contribution in [1.82, 2.24) is 10.1 Å². The zero-order valence-corrected chi connectivity index (χ0v) is 15.0. The molecule has 0 atom stereocenters. The number of halogens is 4. The van der Waals surface area contributed by atoms with Crippen LogP contribution in [0.4, 0.5) is 13.2 Å². The van der Waals surface area contributed by atoms with Crippen molar-refractivity contribution in [2.24, 2.45) is 0 Å². The zero-order valence-electron chi connectivity index (χ0n) is 14.3. The van der Waals surface area contributed by atoms with E-state index in [0.717, 1.165) is 0 Å². The van der Waals surface area contributed by atoms with Crippen molar-refractivity contribution in [2.75, 3.05) is 13.7 Å². The molecule has 0 aliphatic carbocycles. The number of Topliss-reactive ketones (excluding diaryl/α,β-unsaturated/α-hetero) is 1. The fourth-order valence-corrected chi connectivity index (χ4v) is 2.44. The van der Waals surface area contributed by atoms with E-state index in [1.54, 1.807) is 18.2 Å². The minimum Gasteiger partial charge on any atom is -0.497 e. The Morgan fingerprint density at radius 2 is 1.89 bits per heavy atom. The van der Waals surface area contributed by atoms with Gasteiger partial charge in [-0.25, -0.2) is 0 Å². The maximum absolute atomic E-state index is 12.5. The number of carbonyl (C=O) groups is 1. The van der Waals surface area contributed by atoms with E-state index in [9.17, 15) is 18.0 Å². The lowest BCUT2D eigenvalue weighted by atomic mass is 10.1. The van der Waals surface area contributed by atoms with Gasteiger partial charge >= 0.3 is 12.1 Å². The smallest absolute Gasteiger partial charge is 0.471 e. The van der Waals surface area contributed by atoms with E-state index in [1.165, 1.54) is 31.4 Å². The average molecular weight is 413 g/mol. The number of ketones is 1. The number of rotatable bonds is 6. The van der Waals surface area contributed by atoms with E-state index < -0.39 is 12.1 Å². The molecule has 0 aliphatic rings. The fraction of sp³-hybridized carbons (Fsp3) is 0.167. The standard InChI is InChI=1S/C18H12ClF3N2O4/c1-26-12-6-7-15(13(19)8-12)27-9-14(25)10-2-4-11(5-3-10)16-23-17(28-24-16)18(20,21)22/h2-8H,9H2,1H3. The lowest BCUT2D eigenvalue weighted by Crippen LogP contribution is -2.11. The summed E-state index contributed by atoms with van der Waals surface area (Å²) < 4.78 is 52.1. The molecule has 0 aliphatic heterocycles. The minimum absolute atomic E-state index is 0.229. The first-order chi connectivity index (χ1) is 13.3. The minimum atomic E-state index is -4.72. The van der Waals surface area contributed by atoms with Crippen LogP contribution in [0.1, 0.15) is 16.2 Å². The Hall–Kier alpha value is -3.07. The topological polar surface area (TPSA) is 74.5 Å². The van der Waals surface area contributed by atoms with E-state index in [0.29, 0.717) is 22.1 Å². The molecule has 2 aromatic carbocycles. The lowest BCUT2D eigenvalue weighted by Gasteiger charge is -2.09. The van der Waals surface area contributed by atoms with Crippen LogP contribution in [0.2, 0.25) is 5.02 Å². The molecule has 0 saturated carbocycles. The molecule has 10 heteroatoms. The number of methoxy groups -OCH3 is 1. The van der Waals surface area contributed by atoms with Gasteiger partial charge in [-0.3, -0.25) is 4.79 Å². The Balaban J connectivity index is 1.66. The summed E-state index contributed by atoms with van der Waals surface area (Å²) in [7, 11) is 1.50. The maximum atomic E-state index is 12.5. The van der Waals surface area contributed by atoms with Gasteiger partial charge in [-0.2, -0.15) is 18.2 Å². The third-order valence-electron chi connectivity index (χ3n) is 3.63. The first-order valence-electron chi connectivity index (χ1n) is 7.79. The molecule has 28 heavy (non-hydrogen) atoms. The molecule has 0 bridgehead atoms. The largest absolute Gasteiger partial charge is 0.497 e. The molecule has 3 rings (SSSR count).